The third-order valence-electron chi connectivity index (χ3n) is 9.12. The van der Waals surface area contributed by atoms with E-state index < -0.39 is 0 Å². The van der Waals surface area contributed by atoms with Crippen molar-refractivity contribution in [3.63, 3.8) is 0 Å². The number of aromatic nitrogens is 6. The molecule has 4 aromatic heterocycles. The van der Waals surface area contributed by atoms with Gasteiger partial charge in [0.25, 0.3) is 0 Å². The maximum absolute atomic E-state index is 5.19. The lowest BCUT2D eigenvalue weighted by atomic mass is 9.94. The summed E-state index contributed by atoms with van der Waals surface area (Å²) in [6, 6.07) is 43.6. The number of pyridine rings is 3. The number of rotatable bonds is 7. The summed E-state index contributed by atoms with van der Waals surface area (Å²) < 4.78 is 0. The van der Waals surface area contributed by atoms with Crippen LogP contribution >= 0.6 is 0 Å². The zero-order valence-corrected chi connectivity index (χ0v) is 28.5. The molecule has 0 atom stereocenters. The van der Waals surface area contributed by atoms with Gasteiger partial charge in [-0.15, -0.1) is 0 Å². The van der Waals surface area contributed by atoms with Crippen molar-refractivity contribution in [3.05, 3.63) is 145 Å². The number of hydrogen-bond donors (Lipinski definition) is 0. The first kappa shape index (κ1) is 31.1. The van der Waals surface area contributed by atoms with Crippen LogP contribution < -0.4 is 0 Å². The van der Waals surface area contributed by atoms with Crippen molar-refractivity contribution < 1.29 is 0 Å². The second-order valence-corrected chi connectivity index (χ2v) is 13.2. The van der Waals surface area contributed by atoms with Crippen LogP contribution in [-0.4, -0.2) is 29.9 Å². The predicted molar refractivity (Wildman–Crippen MR) is 204 cm³/mol. The zero-order chi connectivity index (χ0) is 34.2. The molecule has 6 heteroatoms. The molecular weight excluding hydrogens is 613 g/mol. The third-order valence-corrected chi connectivity index (χ3v) is 9.12. The highest BCUT2D eigenvalue weighted by atomic mass is 15.0. The summed E-state index contributed by atoms with van der Waals surface area (Å²) in [4.78, 5) is 29.2. The molecule has 4 aromatic carbocycles. The largest absolute Gasteiger partial charge is 0.253 e. The summed E-state index contributed by atoms with van der Waals surface area (Å²) in [5, 5.41) is 2.28. The highest BCUT2D eigenvalue weighted by Crippen LogP contribution is 2.34. The normalized spacial score (nSPS) is 11.6. The Hall–Kier alpha value is -6.14. The Balaban J connectivity index is 1.11. The summed E-state index contributed by atoms with van der Waals surface area (Å²) in [5.41, 5.74) is 11.1. The van der Waals surface area contributed by atoms with Crippen molar-refractivity contribution in [2.24, 2.45) is 0 Å². The summed E-state index contributed by atoms with van der Waals surface area (Å²) in [7, 11) is 0. The first-order valence-corrected chi connectivity index (χ1v) is 17.1. The van der Waals surface area contributed by atoms with Gasteiger partial charge in [-0.3, -0.25) is 9.97 Å². The van der Waals surface area contributed by atoms with Crippen LogP contribution in [0.25, 0.3) is 78.5 Å². The number of benzene rings is 4. The quantitative estimate of drug-likeness (QED) is 0.160. The van der Waals surface area contributed by atoms with Gasteiger partial charge in [0.1, 0.15) is 5.69 Å². The molecule has 0 aliphatic carbocycles. The van der Waals surface area contributed by atoms with Gasteiger partial charge in [0, 0.05) is 39.4 Å². The Morgan fingerprint density at radius 2 is 1.02 bits per heavy atom. The Morgan fingerprint density at radius 3 is 1.66 bits per heavy atom. The van der Waals surface area contributed by atoms with E-state index in [0.717, 1.165) is 55.6 Å². The van der Waals surface area contributed by atoms with Gasteiger partial charge < -0.3 is 0 Å². The maximum Gasteiger partial charge on any atom is 0.182 e. The smallest absolute Gasteiger partial charge is 0.182 e. The van der Waals surface area contributed by atoms with Crippen molar-refractivity contribution in [2.75, 3.05) is 0 Å². The van der Waals surface area contributed by atoms with Gasteiger partial charge in [-0.2, -0.15) is 0 Å². The van der Waals surface area contributed by atoms with Crippen LogP contribution in [0, 0.1) is 0 Å². The lowest BCUT2D eigenvalue weighted by Crippen LogP contribution is -2.00. The van der Waals surface area contributed by atoms with Crippen molar-refractivity contribution in [3.8, 4) is 56.7 Å². The molecule has 0 spiro atoms. The van der Waals surface area contributed by atoms with E-state index in [4.69, 9.17) is 24.9 Å². The Morgan fingerprint density at radius 1 is 0.420 bits per heavy atom. The molecular formula is C44H36N6. The van der Waals surface area contributed by atoms with Gasteiger partial charge in [0.05, 0.1) is 16.7 Å². The highest BCUT2D eigenvalue weighted by Gasteiger charge is 2.16. The van der Waals surface area contributed by atoms with Gasteiger partial charge in [0.2, 0.25) is 0 Å². The maximum atomic E-state index is 5.19. The average Bonchev–Trinajstić information content (AvgIpc) is 3.17. The van der Waals surface area contributed by atoms with Crippen LogP contribution in [-0.2, 0) is 0 Å². The molecule has 0 radical (unpaired) electrons. The molecule has 0 bridgehead atoms. The van der Waals surface area contributed by atoms with E-state index in [0.29, 0.717) is 35.0 Å². The number of hydrogen-bond acceptors (Lipinski definition) is 6. The second-order valence-electron chi connectivity index (χ2n) is 13.2. The van der Waals surface area contributed by atoms with Crippen LogP contribution in [0.5, 0.6) is 0 Å². The van der Waals surface area contributed by atoms with Crippen LogP contribution in [0.3, 0.4) is 0 Å². The van der Waals surface area contributed by atoms with Gasteiger partial charge >= 0.3 is 0 Å². The highest BCUT2D eigenvalue weighted by molar-refractivity contribution is 6.04. The van der Waals surface area contributed by atoms with Gasteiger partial charge in [-0.1, -0.05) is 131 Å². The molecule has 0 fully saturated rings. The molecule has 0 unspecified atom stereocenters. The standard InChI is InChI=1S/C44H36N6/c1-27(2)36-26-39(28(3)4)47-41-35(36)23-21-32-22-24-37(46-40(32)41)31-17-13-29(14-18-31)30-15-19-34(20-16-30)43-48-42(33-10-6-5-7-11-33)49-44(50-43)38-12-8-9-25-45-38/h5-28H,1-4H3. The van der Waals surface area contributed by atoms with E-state index in [1.165, 1.54) is 10.9 Å². The van der Waals surface area contributed by atoms with E-state index in [1.54, 1.807) is 6.20 Å². The second kappa shape index (κ2) is 13.1. The van der Waals surface area contributed by atoms with Crippen LogP contribution in [0.15, 0.2) is 134 Å². The fraction of sp³-hybridized carbons (Fsp3) is 0.136. The van der Waals surface area contributed by atoms with Crippen LogP contribution in [0.1, 0.15) is 50.8 Å². The van der Waals surface area contributed by atoms with Gasteiger partial charge in [0.15, 0.2) is 17.5 Å². The van der Waals surface area contributed by atoms with E-state index in [1.807, 2.05) is 48.5 Å². The minimum atomic E-state index is 0.338. The first-order valence-electron chi connectivity index (χ1n) is 17.1. The third kappa shape index (κ3) is 6.01. The summed E-state index contributed by atoms with van der Waals surface area (Å²) in [6.07, 6.45) is 1.75. The SMILES string of the molecule is CC(C)c1cc(C(C)C)c2ccc3ccc(-c4ccc(-c5ccc(-c6nc(-c7ccccc7)nc(-c7ccccn7)n6)cc5)cc4)nc3c2n1. The van der Waals surface area contributed by atoms with Crippen molar-refractivity contribution in [2.45, 2.75) is 39.5 Å². The molecule has 242 valence electrons. The Kier molecular flexibility index (Phi) is 8.13. The molecule has 0 saturated heterocycles. The van der Waals surface area contributed by atoms with E-state index in [2.05, 4.69) is 112 Å². The van der Waals surface area contributed by atoms with E-state index in [9.17, 15) is 0 Å². The van der Waals surface area contributed by atoms with Gasteiger partial charge in [-0.25, -0.2) is 19.9 Å². The predicted octanol–water partition coefficient (Wildman–Crippen LogP) is 10.9. The van der Waals surface area contributed by atoms with Crippen molar-refractivity contribution in [1.29, 1.82) is 0 Å². The van der Waals surface area contributed by atoms with E-state index >= 15 is 0 Å². The molecule has 50 heavy (non-hydrogen) atoms. The van der Waals surface area contributed by atoms with Gasteiger partial charge in [-0.05, 0) is 52.8 Å². The Bertz CT molecular complexity index is 2400. The first-order chi connectivity index (χ1) is 24.4. The zero-order valence-electron chi connectivity index (χ0n) is 28.5. The monoisotopic (exact) mass is 648 g/mol. The minimum absolute atomic E-state index is 0.338. The molecule has 0 amide bonds. The molecule has 8 rings (SSSR count). The lowest BCUT2D eigenvalue weighted by Gasteiger charge is -2.15. The molecule has 8 aromatic rings. The summed E-state index contributed by atoms with van der Waals surface area (Å²) in [6.45, 7) is 8.89. The summed E-state index contributed by atoms with van der Waals surface area (Å²) in [5.74, 6) is 2.49. The fourth-order valence-corrected chi connectivity index (χ4v) is 6.33. The summed E-state index contributed by atoms with van der Waals surface area (Å²) >= 11 is 0. The molecule has 0 aliphatic heterocycles. The minimum Gasteiger partial charge on any atom is -0.253 e. The Labute approximate surface area is 292 Å². The fourth-order valence-electron chi connectivity index (χ4n) is 6.33. The molecule has 4 heterocycles. The van der Waals surface area contributed by atoms with E-state index in [-0.39, 0.29) is 0 Å². The number of nitrogens with zero attached hydrogens (tertiary/aromatic N) is 6. The molecule has 0 saturated carbocycles. The number of fused-ring (bicyclic) bond motifs is 3. The average molecular weight is 649 g/mol. The van der Waals surface area contributed by atoms with Crippen molar-refractivity contribution in [1.82, 2.24) is 29.9 Å². The molecule has 0 aliphatic rings. The molecule has 6 nitrogen and oxygen atoms in total. The molecule has 0 N–H and O–H groups in total. The van der Waals surface area contributed by atoms with Crippen LogP contribution in [0.2, 0.25) is 0 Å². The topological polar surface area (TPSA) is 77.3 Å². The van der Waals surface area contributed by atoms with Crippen molar-refractivity contribution >= 4 is 21.8 Å². The lowest BCUT2D eigenvalue weighted by molar-refractivity contribution is 0.811. The van der Waals surface area contributed by atoms with Crippen LogP contribution in [0.4, 0.5) is 0 Å².